The summed E-state index contributed by atoms with van der Waals surface area (Å²) in [5.74, 6) is 0. The molecule has 0 unspecified atom stereocenters. The first-order chi connectivity index (χ1) is 14.3. The van der Waals surface area contributed by atoms with E-state index < -0.39 is 5.54 Å². The number of carbonyl (C=O) groups is 1. The van der Waals surface area contributed by atoms with Gasteiger partial charge in [-0.2, -0.15) is 0 Å². The third-order valence-electron chi connectivity index (χ3n) is 5.43. The van der Waals surface area contributed by atoms with Crippen LogP contribution in [0.4, 0.5) is 0 Å². The van der Waals surface area contributed by atoms with Crippen LogP contribution in [-0.4, -0.2) is 15.8 Å². The van der Waals surface area contributed by atoms with E-state index in [1.54, 1.807) is 0 Å². The molecule has 144 valence electrons. The predicted octanol–water partition coefficient (Wildman–Crippen LogP) is 5.49. The highest BCUT2D eigenvalue weighted by Crippen LogP contribution is 2.42. The van der Waals surface area contributed by atoms with Gasteiger partial charge in [-0.15, -0.1) is 0 Å². The summed E-state index contributed by atoms with van der Waals surface area (Å²) < 4.78 is 2.19. The lowest BCUT2D eigenvalue weighted by molar-refractivity contribution is 0.111. The first kappa shape index (κ1) is 18.9. The van der Waals surface area contributed by atoms with Crippen LogP contribution in [0.2, 0.25) is 0 Å². The normalized spacial score (nSPS) is 11.3. The Kier molecular flexibility index (Phi) is 5.39. The van der Waals surface area contributed by atoms with Gasteiger partial charge >= 0.3 is 0 Å². The topological polar surface area (TPSA) is 34.9 Å². The molecule has 4 aromatic rings. The van der Waals surface area contributed by atoms with Crippen molar-refractivity contribution in [2.24, 2.45) is 0 Å². The summed E-state index contributed by atoms with van der Waals surface area (Å²) in [5, 5.41) is 0. The lowest BCUT2D eigenvalue weighted by Gasteiger charge is -2.38. The smallest absolute Gasteiger partial charge is 0.170 e. The van der Waals surface area contributed by atoms with E-state index >= 15 is 0 Å². The Morgan fingerprint density at radius 3 is 1.62 bits per heavy atom. The predicted molar refractivity (Wildman–Crippen MR) is 116 cm³/mol. The van der Waals surface area contributed by atoms with Crippen molar-refractivity contribution in [2.75, 3.05) is 0 Å². The molecule has 0 bridgehead atoms. The molecule has 4 rings (SSSR count). The number of carbonyl (C=O) groups excluding carboxylic acids is 1. The van der Waals surface area contributed by atoms with Crippen molar-refractivity contribution in [1.29, 1.82) is 0 Å². The van der Waals surface area contributed by atoms with Crippen molar-refractivity contribution >= 4 is 6.29 Å². The van der Waals surface area contributed by atoms with E-state index in [1.165, 1.54) is 0 Å². The molecule has 0 radical (unpaired) electrons. The fourth-order valence-electron chi connectivity index (χ4n) is 4.22. The van der Waals surface area contributed by atoms with Gasteiger partial charge < -0.3 is 4.57 Å². The van der Waals surface area contributed by atoms with E-state index in [9.17, 15) is 4.79 Å². The van der Waals surface area contributed by atoms with E-state index in [2.05, 4.69) is 89.3 Å². The number of aldehydes is 1. The molecule has 3 nitrogen and oxygen atoms in total. The second-order valence-corrected chi connectivity index (χ2v) is 7.12. The second kappa shape index (κ2) is 8.27. The minimum Gasteiger partial charge on any atom is -0.315 e. The van der Waals surface area contributed by atoms with Gasteiger partial charge in [-0.05, 0) is 23.1 Å². The van der Waals surface area contributed by atoms with E-state index in [0.29, 0.717) is 5.69 Å². The molecule has 3 aromatic carbocycles. The molecule has 29 heavy (non-hydrogen) atoms. The number of benzene rings is 3. The van der Waals surface area contributed by atoms with Crippen molar-refractivity contribution in [3.63, 3.8) is 0 Å². The Hall–Kier alpha value is -3.46. The monoisotopic (exact) mass is 380 g/mol. The first-order valence-corrected chi connectivity index (χ1v) is 10.0. The van der Waals surface area contributed by atoms with Gasteiger partial charge in [0, 0.05) is 5.69 Å². The minimum atomic E-state index is -0.622. The molecule has 0 amide bonds. The summed E-state index contributed by atoms with van der Waals surface area (Å²) in [6.45, 7) is 2.13. The second-order valence-electron chi connectivity index (χ2n) is 7.12. The Bertz CT molecular complexity index is 973. The standard InChI is InChI=1S/C26H24N2O/c1-2-12-25-24(19-29)27-20-28(25)26(21-13-6-3-7-14-21,22-15-8-4-9-16-22)23-17-10-5-11-18-23/h3-11,13-20H,2,12H2,1H3. The summed E-state index contributed by atoms with van der Waals surface area (Å²) in [7, 11) is 0. The minimum absolute atomic E-state index is 0.513. The maximum Gasteiger partial charge on any atom is 0.170 e. The number of hydrogen-bond acceptors (Lipinski definition) is 2. The van der Waals surface area contributed by atoms with Crippen LogP contribution in [-0.2, 0) is 12.0 Å². The van der Waals surface area contributed by atoms with Crippen LogP contribution in [0.1, 0.15) is 46.2 Å². The molecule has 0 spiro atoms. The van der Waals surface area contributed by atoms with Crippen LogP contribution in [0.3, 0.4) is 0 Å². The zero-order chi connectivity index (χ0) is 20.1. The van der Waals surface area contributed by atoms with Crippen LogP contribution in [0.5, 0.6) is 0 Å². The highest BCUT2D eigenvalue weighted by molar-refractivity contribution is 5.74. The van der Waals surface area contributed by atoms with Gasteiger partial charge in [0.2, 0.25) is 0 Å². The number of rotatable bonds is 7. The third-order valence-corrected chi connectivity index (χ3v) is 5.43. The zero-order valence-corrected chi connectivity index (χ0v) is 16.5. The van der Waals surface area contributed by atoms with E-state index in [0.717, 1.165) is 41.5 Å². The fraction of sp³-hybridized carbons (Fsp3) is 0.154. The van der Waals surface area contributed by atoms with Gasteiger partial charge in [0.25, 0.3) is 0 Å². The molecule has 3 heteroatoms. The first-order valence-electron chi connectivity index (χ1n) is 10.0. The number of imidazole rings is 1. The number of nitrogens with zero attached hydrogens (tertiary/aromatic N) is 2. The van der Waals surface area contributed by atoms with Crippen LogP contribution in [0.25, 0.3) is 0 Å². The Morgan fingerprint density at radius 1 is 0.793 bits per heavy atom. The molecule has 0 saturated carbocycles. The van der Waals surface area contributed by atoms with Gasteiger partial charge in [0.15, 0.2) is 6.29 Å². The van der Waals surface area contributed by atoms with Gasteiger partial charge in [0.05, 0.1) is 6.33 Å². The molecule has 0 atom stereocenters. The van der Waals surface area contributed by atoms with E-state index in [-0.39, 0.29) is 0 Å². The lowest BCUT2D eigenvalue weighted by atomic mass is 9.76. The summed E-state index contributed by atoms with van der Waals surface area (Å²) in [6, 6.07) is 31.4. The van der Waals surface area contributed by atoms with Gasteiger partial charge in [-0.1, -0.05) is 104 Å². The number of aromatic nitrogens is 2. The highest BCUT2D eigenvalue weighted by atomic mass is 16.1. The molecule has 0 aliphatic carbocycles. The summed E-state index contributed by atoms with van der Waals surface area (Å²) in [5.41, 5.74) is 4.24. The van der Waals surface area contributed by atoms with Crippen molar-refractivity contribution in [2.45, 2.75) is 25.3 Å². The van der Waals surface area contributed by atoms with Crippen LogP contribution in [0, 0.1) is 0 Å². The van der Waals surface area contributed by atoms with Gasteiger partial charge in [-0.3, -0.25) is 4.79 Å². The number of hydrogen-bond donors (Lipinski definition) is 0. The summed E-state index contributed by atoms with van der Waals surface area (Å²) >= 11 is 0. The summed E-state index contributed by atoms with van der Waals surface area (Å²) in [6.07, 6.45) is 4.40. The largest absolute Gasteiger partial charge is 0.315 e. The van der Waals surface area contributed by atoms with Crippen molar-refractivity contribution in [1.82, 2.24) is 9.55 Å². The Labute approximate surface area is 171 Å². The highest BCUT2D eigenvalue weighted by Gasteiger charge is 2.40. The van der Waals surface area contributed by atoms with Crippen molar-refractivity contribution in [3.05, 3.63) is 125 Å². The lowest BCUT2D eigenvalue weighted by Crippen LogP contribution is -2.38. The van der Waals surface area contributed by atoms with Crippen molar-refractivity contribution < 1.29 is 4.79 Å². The zero-order valence-electron chi connectivity index (χ0n) is 16.5. The average Bonchev–Trinajstić information content (AvgIpc) is 3.20. The summed E-state index contributed by atoms with van der Waals surface area (Å²) in [4.78, 5) is 16.3. The molecule has 0 fully saturated rings. The van der Waals surface area contributed by atoms with Gasteiger partial charge in [0.1, 0.15) is 11.2 Å². The fourth-order valence-corrected chi connectivity index (χ4v) is 4.22. The van der Waals surface area contributed by atoms with Crippen molar-refractivity contribution in [3.8, 4) is 0 Å². The van der Waals surface area contributed by atoms with Crippen LogP contribution in [0.15, 0.2) is 97.3 Å². The molecule has 1 heterocycles. The molecule has 1 aromatic heterocycles. The Balaban J connectivity index is 2.15. The Morgan fingerprint density at radius 2 is 1.24 bits per heavy atom. The molecule has 0 aliphatic rings. The maximum absolute atomic E-state index is 11.8. The molecular weight excluding hydrogens is 356 g/mol. The quantitative estimate of drug-likeness (QED) is 0.314. The van der Waals surface area contributed by atoms with Crippen LogP contribution < -0.4 is 0 Å². The third kappa shape index (κ3) is 3.19. The molecule has 0 aliphatic heterocycles. The van der Waals surface area contributed by atoms with E-state index in [4.69, 9.17) is 0 Å². The van der Waals surface area contributed by atoms with Gasteiger partial charge in [-0.25, -0.2) is 4.98 Å². The average molecular weight is 380 g/mol. The molecule has 0 saturated heterocycles. The molecular formula is C26H24N2O. The molecule has 0 N–H and O–H groups in total. The van der Waals surface area contributed by atoms with Crippen LogP contribution >= 0.6 is 0 Å². The SMILES string of the molecule is CCCc1c(C=O)ncn1C(c1ccccc1)(c1ccccc1)c1ccccc1. The maximum atomic E-state index is 11.8. The van der Waals surface area contributed by atoms with E-state index in [1.807, 2.05) is 24.5 Å².